The van der Waals surface area contributed by atoms with Gasteiger partial charge >= 0.3 is 0 Å². The monoisotopic (exact) mass is 485 g/mol. The van der Waals surface area contributed by atoms with Gasteiger partial charge in [-0.15, -0.1) is 0 Å². The molecule has 1 saturated heterocycles. The molecule has 1 amide bonds. The summed E-state index contributed by atoms with van der Waals surface area (Å²) in [6.07, 6.45) is 6.18. The van der Waals surface area contributed by atoms with Crippen molar-refractivity contribution < 1.29 is 17.6 Å². The molecule has 1 spiro atoms. The van der Waals surface area contributed by atoms with Gasteiger partial charge in [-0.25, -0.2) is 12.8 Å². The van der Waals surface area contributed by atoms with Gasteiger partial charge in [-0.3, -0.25) is 9.10 Å². The third-order valence-corrected chi connectivity index (χ3v) is 9.06. The second kappa shape index (κ2) is 8.87. The molecule has 5 rings (SSSR count). The maximum Gasteiger partial charge on any atom is 0.232 e. The van der Waals surface area contributed by atoms with E-state index in [9.17, 15) is 17.6 Å². The van der Waals surface area contributed by atoms with Crippen molar-refractivity contribution >= 4 is 27.3 Å². The van der Waals surface area contributed by atoms with Gasteiger partial charge in [0.2, 0.25) is 15.9 Å². The topological polar surface area (TPSA) is 69.7 Å². The van der Waals surface area contributed by atoms with Crippen molar-refractivity contribution in [1.29, 1.82) is 0 Å². The highest BCUT2D eigenvalue weighted by molar-refractivity contribution is 7.92. The Morgan fingerprint density at radius 2 is 1.65 bits per heavy atom. The molecule has 0 radical (unpaired) electrons. The van der Waals surface area contributed by atoms with Crippen LogP contribution in [0.25, 0.3) is 0 Å². The van der Waals surface area contributed by atoms with E-state index in [0.29, 0.717) is 6.54 Å². The predicted molar refractivity (Wildman–Crippen MR) is 132 cm³/mol. The number of carbonyl (C=O) groups excluding carboxylic acids is 1. The average molecular weight is 486 g/mol. The van der Waals surface area contributed by atoms with Gasteiger partial charge in [-0.05, 0) is 74.4 Å². The van der Waals surface area contributed by atoms with Crippen LogP contribution < -0.4 is 14.5 Å². The Hall–Kier alpha value is -2.61. The number of anilines is 2. The largest absolute Gasteiger partial charge is 0.371 e. The van der Waals surface area contributed by atoms with Crippen LogP contribution in [0.5, 0.6) is 0 Å². The number of para-hydroxylation sites is 1. The molecule has 34 heavy (non-hydrogen) atoms. The van der Waals surface area contributed by atoms with E-state index >= 15 is 0 Å². The lowest BCUT2D eigenvalue weighted by Gasteiger charge is -2.38. The molecule has 2 aliphatic heterocycles. The minimum atomic E-state index is -3.34. The Labute approximate surface area is 201 Å². The molecule has 2 aromatic carbocycles. The molecule has 0 aromatic heterocycles. The quantitative estimate of drug-likeness (QED) is 0.715. The normalized spacial score (nSPS) is 25.4. The van der Waals surface area contributed by atoms with Gasteiger partial charge in [-0.1, -0.05) is 18.2 Å². The van der Waals surface area contributed by atoms with Gasteiger partial charge in [0.25, 0.3) is 0 Å². The van der Waals surface area contributed by atoms with Crippen molar-refractivity contribution in [2.45, 2.75) is 50.0 Å². The minimum Gasteiger partial charge on any atom is -0.371 e. The lowest BCUT2D eigenvalue weighted by Crippen LogP contribution is -2.48. The van der Waals surface area contributed by atoms with Crippen LogP contribution >= 0.6 is 0 Å². The van der Waals surface area contributed by atoms with E-state index in [0.717, 1.165) is 68.6 Å². The molecule has 1 N–H and O–H groups in total. The molecule has 6 nitrogen and oxygen atoms in total. The molecular weight excluding hydrogens is 453 g/mol. The molecule has 2 aromatic rings. The van der Waals surface area contributed by atoms with Gasteiger partial charge in [-0.2, -0.15) is 0 Å². The highest BCUT2D eigenvalue weighted by atomic mass is 32.2. The number of fused-ring (bicyclic) bond motifs is 2. The first-order valence-electron chi connectivity index (χ1n) is 12.1. The number of sulfonamides is 1. The predicted octanol–water partition coefficient (Wildman–Crippen LogP) is 3.82. The molecule has 2 heterocycles. The number of hydrogen-bond donors (Lipinski definition) is 1. The average Bonchev–Trinajstić information content (AvgIpc) is 3.15. The molecule has 3 aliphatic rings. The van der Waals surface area contributed by atoms with Crippen LogP contribution in [0.2, 0.25) is 0 Å². The Kier molecular flexibility index (Phi) is 6.04. The summed E-state index contributed by atoms with van der Waals surface area (Å²) in [5.41, 5.74) is 2.72. The summed E-state index contributed by atoms with van der Waals surface area (Å²) in [4.78, 5) is 15.3. The van der Waals surface area contributed by atoms with Gasteiger partial charge in [0.15, 0.2) is 0 Å². The summed E-state index contributed by atoms with van der Waals surface area (Å²) in [6, 6.07) is 14.5. The number of carbonyl (C=O) groups is 1. The number of nitrogens with zero attached hydrogens (tertiary/aromatic N) is 2. The highest BCUT2D eigenvalue weighted by Gasteiger charge is 2.48. The summed E-state index contributed by atoms with van der Waals surface area (Å²) in [5.74, 6) is -0.133. The van der Waals surface area contributed by atoms with E-state index in [1.807, 2.05) is 18.2 Å². The zero-order chi connectivity index (χ0) is 23.9. The molecule has 0 atom stereocenters. The molecule has 2 fully saturated rings. The third kappa shape index (κ3) is 4.40. The molecule has 1 aliphatic carbocycles. The zero-order valence-electron chi connectivity index (χ0n) is 19.5. The second-order valence-corrected chi connectivity index (χ2v) is 12.0. The van der Waals surface area contributed by atoms with Crippen LogP contribution in [0.15, 0.2) is 48.5 Å². The number of halogens is 1. The van der Waals surface area contributed by atoms with Crippen LogP contribution in [0.3, 0.4) is 0 Å². The number of piperidine rings is 1. The molecule has 8 heteroatoms. The lowest BCUT2D eigenvalue weighted by atomic mass is 9.67. The first-order chi connectivity index (χ1) is 16.2. The smallest absolute Gasteiger partial charge is 0.232 e. The molecule has 0 bridgehead atoms. The van der Waals surface area contributed by atoms with E-state index in [1.165, 1.54) is 22.7 Å². The molecule has 1 saturated carbocycles. The van der Waals surface area contributed by atoms with E-state index in [2.05, 4.69) is 16.3 Å². The van der Waals surface area contributed by atoms with E-state index in [-0.39, 0.29) is 29.1 Å². The number of amides is 1. The van der Waals surface area contributed by atoms with Crippen molar-refractivity contribution in [3.05, 3.63) is 59.9 Å². The van der Waals surface area contributed by atoms with Gasteiger partial charge in [0.1, 0.15) is 5.82 Å². The van der Waals surface area contributed by atoms with E-state index < -0.39 is 10.0 Å². The summed E-state index contributed by atoms with van der Waals surface area (Å²) in [5, 5.41) is 3.27. The SMILES string of the molecule is CS(=O)(=O)N1CC2(CCC(C(=O)NC3CCN(c4ccc(F)cc4)CC3)CC2)c2ccccc21. The van der Waals surface area contributed by atoms with E-state index in [4.69, 9.17) is 0 Å². The number of hydrogen-bond acceptors (Lipinski definition) is 4. The number of rotatable bonds is 4. The Balaban J connectivity index is 1.17. The Bertz CT molecular complexity index is 1150. The summed E-state index contributed by atoms with van der Waals surface area (Å²) in [6.45, 7) is 2.15. The molecular formula is C26H32FN3O3S. The van der Waals surface area contributed by atoms with Crippen LogP contribution in [0.4, 0.5) is 15.8 Å². The molecule has 182 valence electrons. The fourth-order valence-corrected chi connectivity index (χ4v) is 6.99. The fraction of sp³-hybridized carbons (Fsp3) is 0.500. The Morgan fingerprint density at radius 1 is 1.00 bits per heavy atom. The number of benzene rings is 2. The van der Waals surface area contributed by atoms with Gasteiger partial charge in [0, 0.05) is 42.7 Å². The summed E-state index contributed by atoms with van der Waals surface area (Å²) in [7, 11) is -3.34. The second-order valence-electron chi connectivity index (χ2n) is 10.1. The lowest BCUT2D eigenvalue weighted by molar-refractivity contribution is -0.127. The van der Waals surface area contributed by atoms with Crippen molar-refractivity contribution in [2.75, 3.05) is 35.1 Å². The third-order valence-electron chi connectivity index (χ3n) is 7.94. The van der Waals surface area contributed by atoms with Crippen LogP contribution in [-0.2, 0) is 20.2 Å². The number of nitrogens with one attached hydrogen (secondary N) is 1. The summed E-state index contributed by atoms with van der Waals surface area (Å²) >= 11 is 0. The first-order valence-corrected chi connectivity index (χ1v) is 14.0. The Morgan fingerprint density at radius 3 is 2.29 bits per heavy atom. The summed E-state index contributed by atoms with van der Waals surface area (Å²) < 4.78 is 39.5. The van der Waals surface area contributed by atoms with Crippen LogP contribution in [0, 0.1) is 11.7 Å². The standard InChI is InChI=1S/C26H32FN3O3S/c1-34(32,33)30-18-26(23-4-2-3-5-24(23)30)14-10-19(11-15-26)25(31)28-21-12-16-29(17-13-21)22-8-6-20(27)7-9-22/h2-9,19,21H,10-18H2,1H3,(H,28,31). The zero-order valence-corrected chi connectivity index (χ0v) is 20.4. The van der Waals surface area contributed by atoms with Crippen LogP contribution in [-0.4, -0.2) is 46.3 Å². The van der Waals surface area contributed by atoms with E-state index in [1.54, 1.807) is 12.1 Å². The molecule has 0 unspecified atom stereocenters. The van der Waals surface area contributed by atoms with Gasteiger partial charge in [0.05, 0.1) is 11.9 Å². The maximum atomic E-state index is 13.2. The van der Waals surface area contributed by atoms with Crippen LogP contribution in [0.1, 0.15) is 44.1 Å². The first kappa shape index (κ1) is 23.1. The fourth-order valence-electron chi connectivity index (χ4n) is 5.99. The highest BCUT2D eigenvalue weighted by Crippen LogP contribution is 2.50. The van der Waals surface area contributed by atoms with Crippen molar-refractivity contribution in [3.63, 3.8) is 0 Å². The maximum absolute atomic E-state index is 13.2. The van der Waals surface area contributed by atoms with Gasteiger partial charge < -0.3 is 10.2 Å². The minimum absolute atomic E-state index is 0.0276. The van der Waals surface area contributed by atoms with Crippen molar-refractivity contribution in [3.8, 4) is 0 Å². The van der Waals surface area contributed by atoms with Crippen molar-refractivity contribution in [2.24, 2.45) is 5.92 Å². The van der Waals surface area contributed by atoms with Crippen molar-refractivity contribution in [1.82, 2.24) is 5.32 Å².